The van der Waals surface area contributed by atoms with Gasteiger partial charge in [-0.15, -0.1) is 0 Å². The van der Waals surface area contributed by atoms with Crippen LogP contribution in [0.1, 0.15) is 33.5 Å². The van der Waals surface area contributed by atoms with Gasteiger partial charge in [0.15, 0.2) is 0 Å². The average Bonchev–Trinajstić information content (AvgIpc) is 3.06. The average molecular weight is 323 g/mol. The number of amides is 1. The Hall–Kier alpha value is -2.62. The minimum atomic E-state index is -0.895. The topological polar surface area (TPSA) is 66.4 Å². The van der Waals surface area contributed by atoms with Crippen LogP contribution in [-0.4, -0.2) is 23.5 Å². The second-order valence-electron chi connectivity index (χ2n) is 6.27. The van der Waals surface area contributed by atoms with Crippen molar-refractivity contribution in [2.75, 3.05) is 6.54 Å². The van der Waals surface area contributed by atoms with Gasteiger partial charge in [-0.05, 0) is 54.5 Å². The van der Waals surface area contributed by atoms with Crippen molar-refractivity contribution in [2.24, 2.45) is 5.92 Å². The molecule has 0 fully saturated rings. The van der Waals surface area contributed by atoms with Crippen LogP contribution in [0.15, 0.2) is 48.5 Å². The summed E-state index contributed by atoms with van der Waals surface area (Å²) >= 11 is 0. The molecule has 0 spiro atoms. The molecule has 24 heavy (non-hydrogen) atoms. The number of rotatable bonds is 6. The van der Waals surface area contributed by atoms with E-state index in [1.165, 1.54) is 11.1 Å². The van der Waals surface area contributed by atoms with Gasteiger partial charge in [-0.25, -0.2) is 0 Å². The smallest absolute Gasteiger partial charge is 0.308 e. The van der Waals surface area contributed by atoms with Crippen molar-refractivity contribution in [2.45, 2.75) is 25.7 Å². The van der Waals surface area contributed by atoms with E-state index >= 15 is 0 Å². The minimum absolute atomic E-state index is 0.125. The SMILES string of the molecule is O=C(NCC(Cc1ccccc1)C(=O)O)c1ccc2c(c1)CCC2. The first-order valence-electron chi connectivity index (χ1n) is 8.30. The minimum Gasteiger partial charge on any atom is -0.481 e. The van der Waals surface area contributed by atoms with Crippen LogP contribution in [-0.2, 0) is 24.1 Å². The summed E-state index contributed by atoms with van der Waals surface area (Å²) in [7, 11) is 0. The van der Waals surface area contributed by atoms with Gasteiger partial charge in [-0.2, -0.15) is 0 Å². The standard InChI is InChI=1S/C20H21NO3/c22-19(17-10-9-15-7-4-8-16(15)12-17)21-13-18(20(23)24)11-14-5-2-1-3-6-14/h1-3,5-6,9-10,12,18H,4,7-8,11,13H2,(H,21,22)(H,23,24). The molecule has 0 saturated heterocycles. The first-order chi connectivity index (χ1) is 11.6. The highest BCUT2D eigenvalue weighted by atomic mass is 16.4. The lowest BCUT2D eigenvalue weighted by atomic mass is 9.99. The highest BCUT2D eigenvalue weighted by Gasteiger charge is 2.20. The van der Waals surface area contributed by atoms with Gasteiger partial charge in [-0.3, -0.25) is 9.59 Å². The van der Waals surface area contributed by atoms with Gasteiger partial charge in [0.1, 0.15) is 0 Å². The van der Waals surface area contributed by atoms with E-state index in [9.17, 15) is 14.7 Å². The molecular formula is C20H21NO3. The van der Waals surface area contributed by atoms with Gasteiger partial charge >= 0.3 is 5.97 Å². The molecule has 4 nitrogen and oxygen atoms in total. The van der Waals surface area contributed by atoms with E-state index < -0.39 is 11.9 Å². The first kappa shape index (κ1) is 16.2. The summed E-state index contributed by atoms with van der Waals surface area (Å²) in [6, 6.07) is 15.2. The van der Waals surface area contributed by atoms with Crippen LogP contribution in [0.25, 0.3) is 0 Å². The Labute approximate surface area is 141 Å². The van der Waals surface area contributed by atoms with Gasteiger partial charge in [0.05, 0.1) is 5.92 Å². The fraction of sp³-hybridized carbons (Fsp3) is 0.300. The van der Waals surface area contributed by atoms with Gasteiger partial charge in [-0.1, -0.05) is 36.4 Å². The maximum absolute atomic E-state index is 12.3. The number of carbonyl (C=O) groups is 2. The summed E-state index contributed by atoms with van der Waals surface area (Å²) in [5, 5.41) is 12.2. The van der Waals surface area contributed by atoms with E-state index in [-0.39, 0.29) is 12.5 Å². The van der Waals surface area contributed by atoms with E-state index in [0.29, 0.717) is 12.0 Å². The summed E-state index contributed by atoms with van der Waals surface area (Å²) in [6.45, 7) is 0.125. The van der Waals surface area contributed by atoms with Crippen molar-refractivity contribution in [3.05, 3.63) is 70.8 Å². The monoisotopic (exact) mass is 323 g/mol. The molecule has 1 amide bonds. The molecule has 2 aromatic rings. The Kier molecular flexibility index (Phi) is 4.94. The highest BCUT2D eigenvalue weighted by molar-refractivity contribution is 5.94. The predicted octanol–water partition coefficient (Wildman–Crippen LogP) is 2.85. The van der Waals surface area contributed by atoms with Gasteiger partial charge in [0, 0.05) is 12.1 Å². The van der Waals surface area contributed by atoms with Gasteiger partial charge in [0.2, 0.25) is 0 Å². The Morgan fingerprint density at radius 3 is 2.54 bits per heavy atom. The number of aryl methyl sites for hydroxylation is 2. The number of hydrogen-bond acceptors (Lipinski definition) is 2. The van der Waals surface area contributed by atoms with Gasteiger partial charge in [0.25, 0.3) is 5.91 Å². The number of benzene rings is 2. The normalized spacial score (nSPS) is 14.0. The van der Waals surface area contributed by atoms with Crippen molar-refractivity contribution in [3.8, 4) is 0 Å². The number of fused-ring (bicyclic) bond motifs is 1. The molecule has 1 unspecified atom stereocenters. The molecule has 3 rings (SSSR count). The molecule has 0 heterocycles. The lowest BCUT2D eigenvalue weighted by molar-refractivity contribution is -0.141. The summed E-state index contributed by atoms with van der Waals surface area (Å²) < 4.78 is 0. The predicted molar refractivity (Wildman–Crippen MR) is 92.1 cm³/mol. The third kappa shape index (κ3) is 3.82. The first-order valence-corrected chi connectivity index (χ1v) is 8.30. The molecular weight excluding hydrogens is 302 g/mol. The van der Waals surface area contributed by atoms with Crippen LogP contribution in [0.4, 0.5) is 0 Å². The number of aliphatic carboxylic acids is 1. The fourth-order valence-corrected chi connectivity index (χ4v) is 3.18. The van der Waals surface area contributed by atoms with E-state index in [4.69, 9.17) is 0 Å². The van der Waals surface area contributed by atoms with Crippen molar-refractivity contribution < 1.29 is 14.7 Å². The molecule has 0 aliphatic heterocycles. The summed E-state index contributed by atoms with van der Waals surface area (Å²) in [5.41, 5.74) is 4.12. The third-order valence-corrected chi connectivity index (χ3v) is 4.54. The molecule has 0 radical (unpaired) electrons. The van der Waals surface area contributed by atoms with Crippen molar-refractivity contribution in [1.82, 2.24) is 5.32 Å². The van der Waals surface area contributed by atoms with E-state index in [2.05, 4.69) is 5.32 Å². The number of carboxylic acids is 1. The number of hydrogen-bond donors (Lipinski definition) is 2. The second-order valence-corrected chi connectivity index (χ2v) is 6.27. The maximum Gasteiger partial charge on any atom is 0.308 e. The summed E-state index contributed by atoms with van der Waals surface area (Å²) in [4.78, 5) is 23.8. The molecule has 2 N–H and O–H groups in total. The Bertz CT molecular complexity index is 740. The summed E-state index contributed by atoms with van der Waals surface area (Å²) in [6.07, 6.45) is 3.64. The lowest BCUT2D eigenvalue weighted by Gasteiger charge is -2.14. The van der Waals surface area contributed by atoms with Crippen molar-refractivity contribution in [1.29, 1.82) is 0 Å². The molecule has 4 heteroatoms. The van der Waals surface area contributed by atoms with Crippen LogP contribution >= 0.6 is 0 Å². The third-order valence-electron chi connectivity index (χ3n) is 4.54. The van der Waals surface area contributed by atoms with E-state index in [1.807, 2.05) is 48.5 Å². The highest BCUT2D eigenvalue weighted by Crippen LogP contribution is 2.22. The number of nitrogens with one attached hydrogen (secondary N) is 1. The van der Waals surface area contributed by atoms with Crippen molar-refractivity contribution in [3.63, 3.8) is 0 Å². The van der Waals surface area contributed by atoms with Crippen LogP contribution in [0.5, 0.6) is 0 Å². The molecule has 0 bridgehead atoms. The molecule has 124 valence electrons. The Morgan fingerprint density at radius 2 is 1.79 bits per heavy atom. The van der Waals surface area contributed by atoms with Crippen LogP contribution < -0.4 is 5.32 Å². The lowest BCUT2D eigenvalue weighted by Crippen LogP contribution is -2.34. The fourth-order valence-electron chi connectivity index (χ4n) is 3.18. The van der Waals surface area contributed by atoms with Crippen LogP contribution in [0.3, 0.4) is 0 Å². The zero-order valence-electron chi connectivity index (χ0n) is 13.5. The summed E-state index contributed by atoms with van der Waals surface area (Å²) in [5.74, 6) is -1.73. The number of carboxylic acid groups (broad SMARTS) is 1. The second kappa shape index (κ2) is 7.30. The maximum atomic E-state index is 12.3. The molecule has 1 aliphatic rings. The van der Waals surface area contributed by atoms with E-state index in [1.54, 1.807) is 0 Å². The molecule has 1 atom stereocenters. The molecule has 0 saturated carbocycles. The number of carbonyl (C=O) groups excluding carboxylic acids is 1. The Balaban J connectivity index is 1.62. The van der Waals surface area contributed by atoms with Crippen molar-refractivity contribution >= 4 is 11.9 Å². The quantitative estimate of drug-likeness (QED) is 0.859. The zero-order chi connectivity index (χ0) is 16.9. The molecule has 0 aromatic heterocycles. The Morgan fingerprint density at radius 1 is 1.04 bits per heavy atom. The van der Waals surface area contributed by atoms with Gasteiger partial charge < -0.3 is 10.4 Å². The van der Waals surface area contributed by atoms with Crippen LogP contribution in [0, 0.1) is 5.92 Å². The molecule has 2 aromatic carbocycles. The van der Waals surface area contributed by atoms with Crippen LogP contribution in [0.2, 0.25) is 0 Å². The van der Waals surface area contributed by atoms with E-state index in [0.717, 1.165) is 24.8 Å². The molecule has 1 aliphatic carbocycles. The zero-order valence-corrected chi connectivity index (χ0v) is 13.5. The largest absolute Gasteiger partial charge is 0.481 e.